The van der Waals surface area contributed by atoms with E-state index >= 15 is 0 Å². The molecular weight excluding hydrogens is 405 g/mol. The lowest BCUT2D eigenvalue weighted by Crippen LogP contribution is -2.43. The number of piperidine rings is 1. The molecule has 0 saturated carbocycles. The third-order valence-corrected chi connectivity index (χ3v) is 6.83. The molecule has 2 heterocycles. The standard InChI is InChI=1S/C22H28FN3O3S/c1-14(20(27)24-10-13-29-3)16-8-11-26(12-9-16)22(28)19-15(2)25-21(30-19)17-4-6-18(23)7-5-17/h4-7,14,16H,8-13H2,1-3H3,(H,24,27)/t14-/m0/s1. The Hall–Kier alpha value is -2.32. The summed E-state index contributed by atoms with van der Waals surface area (Å²) in [5.74, 6) is -0.107. The molecule has 1 aromatic carbocycles. The number of amides is 2. The van der Waals surface area contributed by atoms with Crippen molar-refractivity contribution in [2.24, 2.45) is 11.8 Å². The summed E-state index contributed by atoms with van der Waals surface area (Å²) in [6.45, 7) is 6.05. The van der Waals surface area contributed by atoms with E-state index in [1.54, 1.807) is 19.2 Å². The van der Waals surface area contributed by atoms with Gasteiger partial charge in [0.15, 0.2) is 0 Å². The molecule has 6 nitrogen and oxygen atoms in total. The minimum atomic E-state index is -0.298. The van der Waals surface area contributed by atoms with E-state index in [1.165, 1.54) is 23.5 Å². The number of hydrogen-bond acceptors (Lipinski definition) is 5. The average Bonchev–Trinajstić information content (AvgIpc) is 3.15. The van der Waals surface area contributed by atoms with E-state index in [4.69, 9.17) is 4.74 Å². The summed E-state index contributed by atoms with van der Waals surface area (Å²) in [4.78, 5) is 32.3. The monoisotopic (exact) mass is 433 g/mol. The van der Waals surface area contributed by atoms with Crippen molar-refractivity contribution < 1.29 is 18.7 Å². The number of rotatable bonds is 7. The summed E-state index contributed by atoms with van der Waals surface area (Å²) in [5.41, 5.74) is 1.49. The number of benzene rings is 1. The van der Waals surface area contributed by atoms with E-state index < -0.39 is 0 Å². The first-order valence-electron chi connectivity index (χ1n) is 10.2. The Morgan fingerprint density at radius 3 is 2.60 bits per heavy atom. The highest BCUT2D eigenvalue weighted by Gasteiger charge is 2.31. The molecular formula is C22H28FN3O3S. The minimum absolute atomic E-state index is 0.0194. The molecule has 1 fully saturated rings. The lowest BCUT2D eigenvalue weighted by atomic mass is 9.85. The topological polar surface area (TPSA) is 71.5 Å². The number of carbonyl (C=O) groups is 2. The number of halogens is 1. The number of ether oxygens (including phenoxy) is 1. The van der Waals surface area contributed by atoms with E-state index in [1.807, 2.05) is 18.7 Å². The van der Waals surface area contributed by atoms with Crippen molar-refractivity contribution in [1.82, 2.24) is 15.2 Å². The van der Waals surface area contributed by atoms with Gasteiger partial charge in [0, 0.05) is 38.2 Å². The van der Waals surface area contributed by atoms with Gasteiger partial charge in [0.2, 0.25) is 5.91 Å². The number of hydrogen-bond donors (Lipinski definition) is 1. The fourth-order valence-electron chi connectivity index (χ4n) is 3.71. The Kier molecular flexibility index (Phi) is 7.55. The molecule has 1 aliphatic heterocycles. The maximum Gasteiger partial charge on any atom is 0.265 e. The number of aryl methyl sites for hydroxylation is 1. The molecule has 0 unspecified atom stereocenters. The van der Waals surface area contributed by atoms with Gasteiger partial charge in [0.05, 0.1) is 12.3 Å². The van der Waals surface area contributed by atoms with Crippen LogP contribution in [0.15, 0.2) is 24.3 Å². The van der Waals surface area contributed by atoms with Gasteiger partial charge in [0.25, 0.3) is 5.91 Å². The van der Waals surface area contributed by atoms with Gasteiger partial charge in [-0.05, 0) is 49.9 Å². The Morgan fingerprint density at radius 1 is 1.30 bits per heavy atom. The Morgan fingerprint density at radius 2 is 1.97 bits per heavy atom. The number of methoxy groups -OCH3 is 1. The molecule has 2 aromatic rings. The van der Waals surface area contributed by atoms with Crippen LogP contribution in [0.1, 0.15) is 35.1 Å². The van der Waals surface area contributed by atoms with Crippen LogP contribution in [-0.2, 0) is 9.53 Å². The molecule has 1 aliphatic rings. The number of nitrogens with zero attached hydrogens (tertiary/aromatic N) is 2. The number of nitrogens with one attached hydrogen (secondary N) is 1. The maximum atomic E-state index is 13.2. The SMILES string of the molecule is COCCNC(=O)[C@@H](C)C1CCN(C(=O)c2sc(-c3ccc(F)cc3)nc2C)CC1. The minimum Gasteiger partial charge on any atom is -0.383 e. The highest BCUT2D eigenvalue weighted by Crippen LogP contribution is 2.31. The lowest BCUT2D eigenvalue weighted by molar-refractivity contribution is -0.126. The van der Waals surface area contributed by atoms with Crippen LogP contribution >= 0.6 is 11.3 Å². The van der Waals surface area contributed by atoms with Crippen LogP contribution < -0.4 is 5.32 Å². The van der Waals surface area contributed by atoms with Crippen molar-refractivity contribution >= 4 is 23.2 Å². The molecule has 1 saturated heterocycles. The number of aromatic nitrogens is 1. The molecule has 0 bridgehead atoms. The third kappa shape index (κ3) is 5.23. The van der Waals surface area contributed by atoms with Gasteiger partial charge in [-0.25, -0.2) is 9.37 Å². The zero-order valence-corrected chi connectivity index (χ0v) is 18.4. The molecule has 162 valence electrons. The van der Waals surface area contributed by atoms with Crippen LogP contribution in [0, 0.1) is 24.6 Å². The first kappa shape index (κ1) is 22.4. The van der Waals surface area contributed by atoms with Crippen LogP contribution in [0.5, 0.6) is 0 Å². The largest absolute Gasteiger partial charge is 0.383 e. The van der Waals surface area contributed by atoms with Crippen LogP contribution in [0.2, 0.25) is 0 Å². The van der Waals surface area contributed by atoms with Crippen molar-refractivity contribution in [2.75, 3.05) is 33.4 Å². The second-order valence-corrected chi connectivity index (χ2v) is 8.64. The van der Waals surface area contributed by atoms with Gasteiger partial charge >= 0.3 is 0 Å². The quantitative estimate of drug-likeness (QED) is 0.679. The zero-order chi connectivity index (χ0) is 21.7. The maximum absolute atomic E-state index is 13.2. The van der Waals surface area contributed by atoms with E-state index in [2.05, 4.69) is 10.3 Å². The summed E-state index contributed by atoms with van der Waals surface area (Å²) < 4.78 is 18.1. The summed E-state index contributed by atoms with van der Waals surface area (Å²) in [5, 5.41) is 3.61. The molecule has 1 N–H and O–H groups in total. The highest BCUT2D eigenvalue weighted by molar-refractivity contribution is 7.17. The summed E-state index contributed by atoms with van der Waals surface area (Å²) >= 11 is 1.34. The van der Waals surface area contributed by atoms with Crippen LogP contribution in [0.25, 0.3) is 10.6 Å². The normalized spacial score (nSPS) is 15.8. The van der Waals surface area contributed by atoms with Crippen molar-refractivity contribution in [2.45, 2.75) is 26.7 Å². The van der Waals surface area contributed by atoms with Gasteiger partial charge in [-0.15, -0.1) is 11.3 Å². The molecule has 1 atom stereocenters. The molecule has 0 aliphatic carbocycles. The van der Waals surface area contributed by atoms with Gasteiger partial charge in [0.1, 0.15) is 15.7 Å². The highest BCUT2D eigenvalue weighted by atomic mass is 32.1. The molecule has 0 spiro atoms. The number of thiazole rings is 1. The summed E-state index contributed by atoms with van der Waals surface area (Å²) in [6.07, 6.45) is 1.60. The average molecular weight is 434 g/mol. The second-order valence-electron chi connectivity index (χ2n) is 7.64. The van der Waals surface area contributed by atoms with Crippen molar-refractivity contribution in [3.05, 3.63) is 40.7 Å². The smallest absolute Gasteiger partial charge is 0.265 e. The number of carbonyl (C=O) groups excluding carboxylic acids is 2. The molecule has 0 radical (unpaired) electrons. The molecule has 8 heteroatoms. The van der Waals surface area contributed by atoms with Gasteiger partial charge in [-0.2, -0.15) is 0 Å². The third-order valence-electron chi connectivity index (χ3n) is 5.63. The van der Waals surface area contributed by atoms with Crippen molar-refractivity contribution in [3.63, 3.8) is 0 Å². The fraction of sp³-hybridized carbons (Fsp3) is 0.500. The molecule has 30 heavy (non-hydrogen) atoms. The summed E-state index contributed by atoms with van der Waals surface area (Å²) in [6, 6.07) is 6.13. The predicted molar refractivity (Wildman–Crippen MR) is 115 cm³/mol. The Balaban J connectivity index is 1.59. The van der Waals surface area contributed by atoms with E-state index in [0.29, 0.717) is 41.8 Å². The van der Waals surface area contributed by atoms with Crippen LogP contribution in [0.4, 0.5) is 4.39 Å². The van der Waals surface area contributed by atoms with Gasteiger partial charge < -0.3 is 15.0 Å². The number of likely N-dealkylation sites (tertiary alicyclic amines) is 1. The van der Waals surface area contributed by atoms with Crippen molar-refractivity contribution in [3.8, 4) is 10.6 Å². The summed E-state index contributed by atoms with van der Waals surface area (Å²) in [7, 11) is 1.61. The van der Waals surface area contributed by atoms with Crippen LogP contribution in [0.3, 0.4) is 0 Å². The fourth-order valence-corrected chi connectivity index (χ4v) is 4.75. The predicted octanol–water partition coefficient (Wildman–Crippen LogP) is 3.51. The van der Waals surface area contributed by atoms with Crippen LogP contribution in [-0.4, -0.2) is 55.0 Å². The van der Waals surface area contributed by atoms with E-state index in [9.17, 15) is 14.0 Å². The van der Waals surface area contributed by atoms with Gasteiger partial charge in [-0.3, -0.25) is 9.59 Å². The van der Waals surface area contributed by atoms with E-state index in [-0.39, 0.29) is 29.5 Å². The molecule has 1 aromatic heterocycles. The molecule has 3 rings (SSSR count). The first-order chi connectivity index (χ1) is 14.4. The second kappa shape index (κ2) is 10.1. The lowest BCUT2D eigenvalue weighted by Gasteiger charge is -2.34. The van der Waals surface area contributed by atoms with Crippen molar-refractivity contribution in [1.29, 1.82) is 0 Å². The van der Waals surface area contributed by atoms with Gasteiger partial charge in [-0.1, -0.05) is 6.92 Å². The first-order valence-corrected chi connectivity index (χ1v) is 11.0. The Bertz CT molecular complexity index is 876. The van der Waals surface area contributed by atoms with E-state index in [0.717, 1.165) is 18.4 Å². The molecule has 2 amide bonds. The Labute approximate surface area is 180 Å². The zero-order valence-electron chi connectivity index (χ0n) is 17.6.